The first-order valence-electron chi connectivity index (χ1n) is 6.85. The van der Waals surface area contributed by atoms with Gasteiger partial charge in [0.2, 0.25) is 5.91 Å². The van der Waals surface area contributed by atoms with Gasteiger partial charge in [0.05, 0.1) is 5.56 Å². The molecular formula is C14H20N2O2S. The van der Waals surface area contributed by atoms with Crippen LogP contribution in [0.15, 0.2) is 6.07 Å². The van der Waals surface area contributed by atoms with Gasteiger partial charge in [0, 0.05) is 10.8 Å². The van der Waals surface area contributed by atoms with E-state index in [1.165, 1.54) is 17.8 Å². The molecule has 0 spiro atoms. The molecule has 0 aromatic carbocycles. The fraction of sp³-hybridized carbons (Fsp3) is 0.571. The molecule has 0 saturated heterocycles. The molecule has 104 valence electrons. The third kappa shape index (κ3) is 3.35. The van der Waals surface area contributed by atoms with E-state index in [-0.39, 0.29) is 11.8 Å². The monoisotopic (exact) mass is 280 g/mol. The molecule has 1 aromatic rings. The van der Waals surface area contributed by atoms with Gasteiger partial charge < -0.3 is 11.1 Å². The van der Waals surface area contributed by atoms with E-state index in [0.29, 0.717) is 10.6 Å². The van der Waals surface area contributed by atoms with E-state index in [0.717, 1.165) is 37.0 Å². The highest BCUT2D eigenvalue weighted by Gasteiger charge is 2.23. The minimum Gasteiger partial charge on any atom is -0.366 e. The van der Waals surface area contributed by atoms with Gasteiger partial charge in [0.25, 0.3) is 5.91 Å². The van der Waals surface area contributed by atoms with Crippen LogP contribution in [0.4, 0.5) is 5.00 Å². The normalized spacial score (nSPS) is 16.3. The molecule has 2 amide bonds. The molecule has 0 atom stereocenters. The molecule has 4 nitrogen and oxygen atoms in total. The summed E-state index contributed by atoms with van der Waals surface area (Å²) >= 11 is 1.45. The van der Waals surface area contributed by atoms with Gasteiger partial charge in [-0.2, -0.15) is 0 Å². The summed E-state index contributed by atoms with van der Waals surface area (Å²) in [7, 11) is 0. The van der Waals surface area contributed by atoms with Crippen LogP contribution in [0.25, 0.3) is 0 Å². The van der Waals surface area contributed by atoms with Crippen molar-refractivity contribution in [2.75, 3.05) is 5.32 Å². The van der Waals surface area contributed by atoms with Gasteiger partial charge in [0.15, 0.2) is 0 Å². The summed E-state index contributed by atoms with van der Waals surface area (Å²) in [5, 5.41) is 3.51. The Morgan fingerprint density at radius 2 is 2.05 bits per heavy atom. The van der Waals surface area contributed by atoms with E-state index in [1.807, 2.05) is 6.92 Å². The number of rotatable bonds is 4. The van der Waals surface area contributed by atoms with Crippen molar-refractivity contribution in [3.05, 3.63) is 16.5 Å². The van der Waals surface area contributed by atoms with Crippen molar-refractivity contribution < 1.29 is 9.59 Å². The summed E-state index contributed by atoms with van der Waals surface area (Å²) in [5.74, 6) is -0.358. The van der Waals surface area contributed by atoms with Gasteiger partial charge in [-0.1, -0.05) is 26.2 Å². The first-order chi connectivity index (χ1) is 9.11. The summed E-state index contributed by atoms with van der Waals surface area (Å²) in [6.07, 6.45) is 6.18. The van der Waals surface area contributed by atoms with Gasteiger partial charge in [-0.15, -0.1) is 11.3 Å². The number of amides is 2. The minimum atomic E-state index is -0.477. The maximum atomic E-state index is 12.2. The van der Waals surface area contributed by atoms with Crippen LogP contribution in [0, 0.1) is 5.92 Å². The predicted molar refractivity (Wildman–Crippen MR) is 77.4 cm³/mol. The van der Waals surface area contributed by atoms with Crippen molar-refractivity contribution in [2.45, 2.75) is 45.4 Å². The Bertz CT molecular complexity index is 476. The van der Waals surface area contributed by atoms with Gasteiger partial charge in [0.1, 0.15) is 5.00 Å². The second-order valence-electron chi connectivity index (χ2n) is 5.00. The van der Waals surface area contributed by atoms with Gasteiger partial charge in [-0.25, -0.2) is 0 Å². The molecule has 0 aliphatic heterocycles. The maximum Gasteiger partial charge on any atom is 0.251 e. The third-order valence-electron chi connectivity index (χ3n) is 3.61. The lowest BCUT2D eigenvalue weighted by atomic mass is 9.89. The Balaban J connectivity index is 2.10. The topological polar surface area (TPSA) is 72.2 Å². The van der Waals surface area contributed by atoms with Crippen LogP contribution >= 0.6 is 11.3 Å². The summed E-state index contributed by atoms with van der Waals surface area (Å²) in [6.45, 7) is 2.02. The fourth-order valence-corrected chi connectivity index (χ4v) is 3.48. The second-order valence-corrected chi connectivity index (χ2v) is 6.13. The molecule has 1 saturated carbocycles. The molecular weight excluding hydrogens is 260 g/mol. The average Bonchev–Trinajstić information content (AvgIpc) is 2.83. The first-order valence-corrected chi connectivity index (χ1v) is 7.66. The van der Waals surface area contributed by atoms with Crippen molar-refractivity contribution in [1.29, 1.82) is 0 Å². The lowest BCUT2D eigenvalue weighted by Crippen LogP contribution is -2.25. The lowest BCUT2D eigenvalue weighted by Gasteiger charge is -2.20. The molecule has 3 N–H and O–H groups in total. The zero-order chi connectivity index (χ0) is 13.8. The number of carbonyl (C=O) groups excluding carboxylic acids is 2. The van der Waals surface area contributed by atoms with Crippen LogP contribution in [0.3, 0.4) is 0 Å². The highest BCUT2D eigenvalue weighted by Crippen LogP contribution is 2.30. The molecule has 2 rings (SSSR count). The molecule has 5 heteroatoms. The van der Waals surface area contributed by atoms with E-state index < -0.39 is 5.91 Å². The number of anilines is 1. The number of nitrogens with one attached hydrogen (secondary N) is 1. The van der Waals surface area contributed by atoms with Crippen LogP contribution < -0.4 is 11.1 Å². The Labute approximate surface area is 117 Å². The Morgan fingerprint density at radius 1 is 1.37 bits per heavy atom. The summed E-state index contributed by atoms with van der Waals surface area (Å²) < 4.78 is 0. The molecule has 1 fully saturated rings. The third-order valence-corrected chi connectivity index (χ3v) is 4.80. The largest absolute Gasteiger partial charge is 0.366 e. The summed E-state index contributed by atoms with van der Waals surface area (Å²) in [5.41, 5.74) is 5.79. The van der Waals surface area contributed by atoms with Crippen LogP contribution in [0.1, 0.15) is 54.3 Å². The molecule has 19 heavy (non-hydrogen) atoms. The minimum absolute atomic E-state index is 0.0340. The van der Waals surface area contributed by atoms with E-state index >= 15 is 0 Å². The van der Waals surface area contributed by atoms with Crippen molar-refractivity contribution in [1.82, 2.24) is 0 Å². The lowest BCUT2D eigenvalue weighted by molar-refractivity contribution is -0.120. The standard InChI is InChI=1S/C14H20N2O2S/c1-2-10-8-11(12(15)17)14(19-10)16-13(18)9-6-4-3-5-7-9/h8-9H,2-7H2,1H3,(H2,15,17)(H,16,18). The summed E-state index contributed by atoms with van der Waals surface area (Å²) in [6, 6.07) is 1.78. The molecule has 1 aliphatic rings. The fourth-order valence-electron chi connectivity index (χ4n) is 2.47. The first kappa shape index (κ1) is 14.1. The van der Waals surface area contributed by atoms with Crippen LogP contribution in [-0.2, 0) is 11.2 Å². The number of primary amides is 1. The van der Waals surface area contributed by atoms with Crippen LogP contribution in [0.5, 0.6) is 0 Å². The highest BCUT2D eigenvalue weighted by molar-refractivity contribution is 7.16. The number of thiophene rings is 1. The van der Waals surface area contributed by atoms with Gasteiger partial charge in [-0.05, 0) is 25.3 Å². The highest BCUT2D eigenvalue weighted by atomic mass is 32.1. The van der Waals surface area contributed by atoms with Gasteiger partial charge in [-0.3, -0.25) is 9.59 Å². The Morgan fingerprint density at radius 3 is 2.63 bits per heavy atom. The molecule has 0 radical (unpaired) electrons. The second kappa shape index (κ2) is 6.19. The van der Waals surface area contributed by atoms with Crippen LogP contribution in [0.2, 0.25) is 0 Å². The molecule has 0 bridgehead atoms. The number of nitrogens with two attached hydrogens (primary N) is 1. The van der Waals surface area contributed by atoms with Crippen molar-refractivity contribution in [2.24, 2.45) is 11.7 Å². The van der Waals surface area contributed by atoms with Crippen molar-refractivity contribution in [3.8, 4) is 0 Å². The van der Waals surface area contributed by atoms with Crippen molar-refractivity contribution >= 4 is 28.2 Å². The summed E-state index contributed by atoms with van der Waals surface area (Å²) in [4.78, 5) is 24.6. The molecule has 1 heterocycles. The predicted octanol–water partition coefficient (Wildman–Crippen LogP) is 2.93. The SMILES string of the molecule is CCc1cc(C(N)=O)c(NC(=O)C2CCCCC2)s1. The Kier molecular flexibility index (Phi) is 4.58. The smallest absolute Gasteiger partial charge is 0.251 e. The number of hydrogen-bond acceptors (Lipinski definition) is 3. The van der Waals surface area contributed by atoms with E-state index in [9.17, 15) is 9.59 Å². The number of hydrogen-bond donors (Lipinski definition) is 2. The zero-order valence-corrected chi connectivity index (χ0v) is 12.0. The molecule has 1 aromatic heterocycles. The van der Waals surface area contributed by atoms with E-state index in [2.05, 4.69) is 5.32 Å². The van der Waals surface area contributed by atoms with Crippen molar-refractivity contribution in [3.63, 3.8) is 0 Å². The maximum absolute atomic E-state index is 12.2. The number of carbonyl (C=O) groups is 2. The molecule has 0 unspecified atom stereocenters. The van der Waals surface area contributed by atoms with Gasteiger partial charge >= 0.3 is 0 Å². The Hall–Kier alpha value is -1.36. The van der Waals surface area contributed by atoms with Crippen LogP contribution in [-0.4, -0.2) is 11.8 Å². The van der Waals surface area contributed by atoms with E-state index in [1.54, 1.807) is 6.07 Å². The zero-order valence-electron chi connectivity index (χ0n) is 11.2. The quantitative estimate of drug-likeness (QED) is 0.890. The molecule has 1 aliphatic carbocycles. The van der Waals surface area contributed by atoms with E-state index in [4.69, 9.17) is 5.73 Å². The average molecular weight is 280 g/mol. The number of aryl methyl sites for hydroxylation is 1.